The molecule has 35 heavy (non-hydrogen) atoms. The highest BCUT2D eigenvalue weighted by Gasteiger charge is 2.38. The van der Waals surface area contributed by atoms with Gasteiger partial charge in [0.25, 0.3) is 5.91 Å². The summed E-state index contributed by atoms with van der Waals surface area (Å²) in [5, 5.41) is 1.11. The van der Waals surface area contributed by atoms with E-state index in [1.807, 2.05) is 0 Å². The Bertz CT molecular complexity index is 1330. The molecule has 0 aliphatic carbocycles. The summed E-state index contributed by atoms with van der Waals surface area (Å²) < 4.78 is 125. The first-order valence-corrected chi connectivity index (χ1v) is 13.0. The highest BCUT2D eigenvalue weighted by Crippen LogP contribution is 2.34. The predicted molar refractivity (Wildman–Crippen MR) is 112 cm³/mol. The summed E-state index contributed by atoms with van der Waals surface area (Å²) in [5.74, 6) is -1.13. The molecule has 0 bridgehead atoms. The summed E-state index contributed by atoms with van der Waals surface area (Å²) in [7, 11) is -8.67. The van der Waals surface area contributed by atoms with Crippen LogP contribution < -0.4 is 5.32 Å². The number of benzene rings is 1. The molecule has 7 nitrogen and oxygen atoms in total. The van der Waals surface area contributed by atoms with E-state index in [-0.39, 0.29) is 6.42 Å². The van der Waals surface area contributed by atoms with Crippen LogP contribution in [0.3, 0.4) is 0 Å². The number of sulfone groups is 2. The van der Waals surface area contributed by atoms with Gasteiger partial charge in [0, 0.05) is 12.8 Å². The van der Waals surface area contributed by atoms with Gasteiger partial charge in [-0.05, 0) is 50.6 Å². The van der Waals surface area contributed by atoms with Crippen LogP contribution in [0.1, 0.15) is 41.9 Å². The van der Waals surface area contributed by atoms with Gasteiger partial charge in [-0.3, -0.25) is 4.79 Å². The number of hydrogen-bond donors (Lipinski definition) is 1. The average molecular weight is 547 g/mol. The largest absolute Gasteiger partial charge is 0.433 e. The van der Waals surface area contributed by atoms with Gasteiger partial charge in [-0.25, -0.2) is 21.8 Å². The zero-order chi connectivity index (χ0) is 27.0. The van der Waals surface area contributed by atoms with E-state index < -0.39 is 76.0 Å². The van der Waals surface area contributed by atoms with E-state index in [4.69, 9.17) is 0 Å². The Morgan fingerprint density at radius 2 is 1.54 bits per heavy atom. The number of carbonyl (C=O) groups excluding carboxylic acids is 1. The van der Waals surface area contributed by atoms with Crippen molar-refractivity contribution in [2.45, 2.75) is 47.3 Å². The Morgan fingerprint density at radius 1 is 0.943 bits per heavy atom. The lowest BCUT2D eigenvalue weighted by Gasteiger charge is -2.25. The SMILES string of the molecule is CC(C)(CCNC(=O)c1ccc(C(F)(F)F)nc1S(C)(=O)=O)S(=O)(=O)c1cccc(C(F)(F)F)c1. The summed E-state index contributed by atoms with van der Waals surface area (Å²) in [5.41, 5.74) is -3.37. The zero-order valence-electron chi connectivity index (χ0n) is 18.5. The van der Waals surface area contributed by atoms with Gasteiger partial charge in [0.05, 0.1) is 20.8 Å². The molecule has 1 aromatic heterocycles. The number of carbonyl (C=O) groups is 1. The molecule has 194 valence electrons. The van der Waals surface area contributed by atoms with Crippen LogP contribution in [0.15, 0.2) is 46.3 Å². The molecule has 0 aliphatic heterocycles. The maximum Gasteiger partial charge on any atom is 0.433 e. The van der Waals surface area contributed by atoms with Crippen molar-refractivity contribution in [1.82, 2.24) is 10.3 Å². The number of halogens is 6. The lowest BCUT2D eigenvalue weighted by Crippen LogP contribution is -2.37. The van der Waals surface area contributed by atoms with Gasteiger partial charge < -0.3 is 5.32 Å². The molecule has 2 aromatic rings. The Balaban J connectivity index is 2.25. The van der Waals surface area contributed by atoms with E-state index in [1.165, 1.54) is 13.8 Å². The monoisotopic (exact) mass is 546 g/mol. The van der Waals surface area contributed by atoms with Gasteiger partial charge in [0.15, 0.2) is 24.7 Å². The van der Waals surface area contributed by atoms with E-state index >= 15 is 0 Å². The second-order valence-corrected chi connectivity index (χ2v) is 12.6. The number of rotatable bonds is 7. The van der Waals surface area contributed by atoms with Crippen molar-refractivity contribution in [3.63, 3.8) is 0 Å². The van der Waals surface area contributed by atoms with Crippen molar-refractivity contribution in [1.29, 1.82) is 0 Å². The van der Waals surface area contributed by atoms with E-state index in [2.05, 4.69) is 10.3 Å². The third-order valence-corrected chi connectivity index (χ3v) is 8.51. The minimum Gasteiger partial charge on any atom is -0.352 e. The van der Waals surface area contributed by atoms with Crippen molar-refractivity contribution >= 4 is 25.6 Å². The second-order valence-electron chi connectivity index (χ2n) is 8.11. The summed E-state index contributed by atoms with van der Waals surface area (Å²) in [6.07, 6.45) is -9.48. The minimum absolute atomic E-state index is 0.320. The first-order valence-electron chi connectivity index (χ1n) is 9.66. The van der Waals surface area contributed by atoms with E-state index in [0.29, 0.717) is 30.5 Å². The van der Waals surface area contributed by atoms with E-state index in [1.54, 1.807) is 0 Å². The molecule has 1 amide bonds. The quantitative estimate of drug-likeness (QED) is 0.528. The van der Waals surface area contributed by atoms with Crippen LogP contribution in [0.4, 0.5) is 26.3 Å². The fourth-order valence-corrected chi connectivity index (χ4v) is 5.29. The van der Waals surface area contributed by atoms with E-state index in [9.17, 15) is 48.0 Å². The number of nitrogens with one attached hydrogen (secondary N) is 1. The molecule has 1 heterocycles. The molecule has 0 saturated heterocycles. The fourth-order valence-electron chi connectivity index (χ4n) is 2.92. The van der Waals surface area contributed by atoms with Crippen LogP contribution in [0.5, 0.6) is 0 Å². The Labute approximate surface area is 197 Å². The van der Waals surface area contributed by atoms with Gasteiger partial charge in [-0.15, -0.1) is 0 Å². The molecule has 0 fully saturated rings. The molecular weight excluding hydrogens is 526 g/mol. The number of nitrogens with zero attached hydrogens (tertiary/aromatic N) is 1. The first-order chi connectivity index (χ1) is 15.7. The standard InChI is InChI=1S/C20H20F6N2O5S2/c1-18(2,35(32,33)13-6-4-5-12(11-13)19(21,22)23)9-10-27-16(29)14-7-8-15(20(24,25)26)28-17(14)34(3,30)31/h4-8,11H,9-10H2,1-3H3,(H,27,29). The zero-order valence-corrected chi connectivity index (χ0v) is 20.1. The topological polar surface area (TPSA) is 110 Å². The Morgan fingerprint density at radius 3 is 2.06 bits per heavy atom. The van der Waals surface area contributed by atoms with Gasteiger partial charge in [-0.2, -0.15) is 26.3 Å². The van der Waals surface area contributed by atoms with Crippen molar-refractivity contribution in [2.75, 3.05) is 12.8 Å². The molecule has 1 N–H and O–H groups in total. The van der Waals surface area contributed by atoms with Gasteiger partial charge >= 0.3 is 12.4 Å². The molecule has 2 rings (SSSR count). The highest BCUT2D eigenvalue weighted by molar-refractivity contribution is 7.92. The number of aromatic nitrogens is 1. The fraction of sp³-hybridized carbons (Fsp3) is 0.400. The molecule has 0 atom stereocenters. The molecular formula is C20H20F6N2O5S2. The molecule has 0 unspecified atom stereocenters. The lowest BCUT2D eigenvalue weighted by atomic mass is 10.1. The van der Waals surface area contributed by atoms with Crippen LogP contribution in [0.25, 0.3) is 0 Å². The van der Waals surface area contributed by atoms with Crippen LogP contribution in [-0.2, 0) is 32.0 Å². The smallest absolute Gasteiger partial charge is 0.352 e. The number of hydrogen-bond acceptors (Lipinski definition) is 6. The van der Waals surface area contributed by atoms with Crippen molar-refractivity contribution in [3.8, 4) is 0 Å². The first kappa shape index (κ1) is 28.6. The third kappa shape index (κ3) is 6.51. The molecule has 0 aliphatic rings. The Hall–Kier alpha value is -2.68. The van der Waals surface area contributed by atoms with Crippen LogP contribution in [0, 0.1) is 0 Å². The molecule has 0 radical (unpaired) electrons. The Kier molecular flexibility index (Phi) is 7.68. The van der Waals surface area contributed by atoms with Crippen molar-refractivity contribution < 1.29 is 48.0 Å². The van der Waals surface area contributed by atoms with Gasteiger partial charge in [0.2, 0.25) is 0 Å². The average Bonchev–Trinajstić information content (AvgIpc) is 2.71. The highest BCUT2D eigenvalue weighted by atomic mass is 32.2. The normalized spacial score (nSPS) is 13.5. The molecule has 0 saturated carbocycles. The number of amides is 1. The molecule has 0 spiro atoms. The number of alkyl halides is 6. The van der Waals surface area contributed by atoms with Crippen molar-refractivity contribution in [3.05, 3.63) is 53.2 Å². The number of pyridine rings is 1. The van der Waals surface area contributed by atoms with Crippen molar-refractivity contribution in [2.24, 2.45) is 0 Å². The maximum atomic E-state index is 13.0. The summed E-state index contributed by atoms with van der Waals surface area (Å²) in [6, 6.07) is 4.19. The van der Waals surface area contributed by atoms with E-state index in [0.717, 1.165) is 12.1 Å². The maximum absolute atomic E-state index is 13.0. The van der Waals surface area contributed by atoms with Gasteiger partial charge in [0.1, 0.15) is 5.69 Å². The predicted octanol–water partition coefficient (Wildman–Crippen LogP) is 3.90. The molecule has 1 aromatic carbocycles. The van der Waals surface area contributed by atoms with Crippen LogP contribution in [-0.4, -0.2) is 45.3 Å². The molecule has 15 heteroatoms. The lowest BCUT2D eigenvalue weighted by molar-refractivity contribution is -0.141. The van der Waals surface area contributed by atoms with Gasteiger partial charge in [-0.1, -0.05) is 6.07 Å². The minimum atomic E-state index is -4.96. The summed E-state index contributed by atoms with van der Waals surface area (Å²) in [4.78, 5) is 14.9. The van der Waals surface area contributed by atoms with Crippen LogP contribution in [0.2, 0.25) is 0 Å². The third-order valence-electron chi connectivity index (χ3n) is 4.96. The summed E-state index contributed by atoms with van der Waals surface area (Å²) >= 11 is 0. The van der Waals surface area contributed by atoms with Crippen LogP contribution >= 0.6 is 0 Å². The summed E-state index contributed by atoms with van der Waals surface area (Å²) in [6.45, 7) is 2.04. The second kappa shape index (κ2) is 9.41.